The molecule has 0 fully saturated rings. The molecule has 3 nitrogen and oxygen atoms in total. The Labute approximate surface area is 85.1 Å². The van der Waals surface area contributed by atoms with Gasteiger partial charge in [-0.3, -0.25) is 4.98 Å². The zero-order chi connectivity index (χ0) is 10.4. The van der Waals surface area contributed by atoms with Crippen molar-refractivity contribution in [2.45, 2.75) is 26.4 Å². The maximum atomic E-state index is 5.51. The van der Waals surface area contributed by atoms with Gasteiger partial charge in [0.25, 0.3) is 0 Å². The van der Waals surface area contributed by atoms with Crippen LogP contribution < -0.4 is 4.74 Å². The van der Waals surface area contributed by atoms with Crippen LogP contribution in [0.4, 0.5) is 0 Å². The Morgan fingerprint density at radius 2 is 1.79 bits per heavy atom. The summed E-state index contributed by atoms with van der Waals surface area (Å²) in [4.78, 5) is 3.90. The van der Waals surface area contributed by atoms with Crippen LogP contribution in [0, 0.1) is 0 Å². The van der Waals surface area contributed by atoms with Crippen molar-refractivity contribution in [3.63, 3.8) is 0 Å². The SMILES string of the molecule is CC(C)(C)OCCOc1ccncc1. The van der Waals surface area contributed by atoms with Crippen LogP contribution in [0.25, 0.3) is 0 Å². The first-order valence-corrected chi connectivity index (χ1v) is 4.75. The normalized spacial score (nSPS) is 11.4. The van der Waals surface area contributed by atoms with E-state index in [4.69, 9.17) is 9.47 Å². The predicted octanol–water partition coefficient (Wildman–Crippen LogP) is 2.28. The van der Waals surface area contributed by atoms with Crippen LogP contribution in [-0.2, 0) is 4.74 Å². The van der Waals surface area contributed by atoms with Crippen molar-refractivity contribution in [2.24, 2.45) is 0 Å². The van der Waals surface area contributed by atoms with E-state index in [1.54, 1.807) is 12.4 Å². The minimum absolute atomic E-state index is 0.0956. The molecule has 0 saturated carbocycles. The van der Waals surface area contributed by atoms with Gasteiger partial charge in [-0.15, -0.1) is 0 Å². The Bertz CT molecular complexity index is 254. The van der Waals surface area contributed by atoms with Gasteiger partial charge in [0.2, 0.25) is 0 Å². The predicted molar refractivity (Wildman–Crippen MR) is 55.4 cm³/mol. The number of hydrogen-bond acceptors (Lipinski definition) is 3. The van der Waals surface area contributed by atoms with E-state index in [1.807, 2.05) is 32.9 Å². The molecule has 0 saturated heterocycles. The largest absolute Gasteiger partial charge is 0.491 e. The van der Waals surface area contributed by atoms with Gasteiger partial charge >= 0.3 is 0 Å². The van der Waals surface area contributed by atoms with Gasteiger partial charge in [-0.2, -0.15) is 0 Å². The van der Waals surface area contributed by atoms with Gasteiger partial charge in [0.05, 0.1) is 12.2 Å². The summed E-state index contributed by atoms with van der Waals surface area (Å²) in [5.41, 5.74) is -0.0956. The molecule has 0 bridgehead atoms. The standard InChI is InChI=1S/C11H17NO2/c1-11(2,3)14-9-8-13-10-4-6-12-7-5-10/h4-7H,8-9H2,1-3H3. The van der Waals surface area contributed by atoms with Gasteiger partial charge in [0, 0.05) is 12.4 Å². The highest BCUT2D eigenvalue weighted by atomic mass is 16.5. The molecule has 0 atom stereocenters. The highest BCUT2D eigenvalue weighted by Crippen LogP contribution is 2.08. The monoisotopic (exact) mass is 195 g/mol. The molecule has 1 heterocycles. The molecule has 0 N–H and O–H groups in total. The summed E-state index contributed by atoms with van der Waals surface area (Å²) in [5.74, 6) is 0.831. The Kier molecular flexibility index (Phi) is 3.89. The number of pyridine rings is 1. The Morgan fingerprint density at radius 1 is 1.14 bits per heavy atom. The fraction of sp³-hybridized carbons (Fsp3) is 0.545. The van der Waals surface area contributed by atoms with E-state index < -0.39 is 0 Å². The van der Waals surface area contributed by atoms with Crippen LogP contribution in [0.2, 0.25) is 0 Å². The van der Waals surface area contributed by atoms with Gasteiger partial charge < -0.3 is 9.47 Å². The molecule has 78 valence electrons. The first-order valence-electron chi connectivity index (χ1n) is 4.75. The van der Waals surface area contributed by atoms with Gasteiger partial charge in [-0.25, -0.2) is 0 Å². The molecular weight excluding hydrogens is 178 g/mol. The van der Waals surface area contributed by atoms with Gasteiger partial charge in [-0.1, -0.05) is 0 Å². The van der Waals surface area contributed by atoms with E-state index in [-0.39, 0.29) is 5.60 Å². The second kappa shape index (κ2) is 4.96. The van der Waals surface area contributed by atoms with Gasteiger partial charge in [0.1, 0.15) is 12.4 Å². The smallest absolute Gasteiger partial charge is 0.122 e. The molecule has 0 aliphatic carbocycles. The molecule has 0 aliphatic rings. The van der Waals surface area contributed by atoms with Crippen LogP contribution in [0.1, 0.15) is 20.8 Å². The van der Waals surface area contributed by atoms with Gasteiger partial charge in [0.15, 0.2) is 0 Å². The molecular formula is C11H17NO2. The Hall–Kier alpha value is -1.09. The summed E-state index contributed by atoms with van der Waals surface area (Å²) in [6.07, 6.45) is 3.42. The van der Waals surface area contributed by atoms with E-state index in [0.29, 0.717) is 13.2 Å². The van der Waals surface area contributed by atoms with Crippen molar-refractivity contribution in [1.82, 2.24) is 4.98 Å². The lowest BCUT2D eigenvalue weighted by Crippen LogP contribution is -2.22. The van der Waals surface area contributed by atoms with Crippen LogP contribution >= 0.6 is 0 Å². The molecule has 1 rings (SSSR count). The molecule has 0 unspecified atom stereocenters. The first kappa shape index (κ1) is 11.0. The molecule has 1 aromatic rings. The Balaban J connectivity index is 2.17. The second-order valence-electron chi connectivity index (χ2n) is 3.99. The minimum atomic E-state index is -0.0956. The van der Waals surface area contributed by atoms with E-state index in [0.717, 1.165) is 5.75 Å². The Morgan fingerprint density at radius 3 is 2.36 bits per heavy atom. The third-order valence-electron chi connectivity index (χ3n) is 1.54. The third kappa shape index (κ3) is 4.82. The average Bonchev–Trinajstić information content (AvgIpc) is 2.13. The second-order valence-corrected chi connectivity index (χ2v) is 3.99. The van der Waals surface area contributed by atoms with Crippen molar-refractivity contribution in [3.8, 4) is 5.75 Å². The fourth-order valence-electron chi connectivity index (χ4n) is 0.942. The maximum absolute atomic E-state index is 5.51. The molecule has 1 aromatic heterocycles. The van der Waals surface area contributed by atoms with Crippen molar-refractivity contribution in [1.29, 1.82) is 0 Å². The lowest BCUT2D eigenvalue weighted by molar-refractivity contribution is -0.0163. The molecule has 0 spiro atoms. The zero-order valence-corrected chi connectivity index (χ0v) is 8.99. The van der Waals surface area contributed by atoms with Crippen LogP contribution in [-0.4, -0.2) is 23.8 Å². The summed E-state index contributed by atoms with van der Waals surface area (Å²) in [7, 11) is 0. The molecule has 0 aliphatic heterocycles. The minimum Gasteiger partial charge on any atom is -0.491 e. The van der Waals surface area contributed by atoms with E-state index >= 15 is 0 Å². The quantitative estimate of drug-likeness (QED) is 0.691. The maximum Gasteiger partial charge on any atom is 0.122 e. The molecule has 3 heteroatoms. The summed E-state index contributed by atoms with van der Waals surface area (Å²) < 4.78 is 10.9. The number of aromatic nitrogens is 1. The molecule has 0 aromatic carbocycles. The van der Waals surface area contributed by atoms with Crippen molar-refractivity contribution < 1.29 is 9.47 Å². The zero-order valence-electron chi connectivity index (χ0n) is 8.99. The number of hydrogen-bond donors (Lipinski definition) is 0. The highest BCUT2D eigenvalue weighted by Gasteiger charge is 2.08. The lowest BCUT2D eigenvalue weighted by atomic mass is 10.2. The average molecular weight is 195 g/mol. The van der Waals surface area contributed by atoms with Crippen LogP contribution in [0.3, 0.4) is 0 Å². The molecule has 0 amide bonds. The summed E-state index contributed by atoms with van der Waals surface area (Å²) in [6, 6.07) is 3.66. The topological polar surface area (TPSA) is 31.4 Å². The van der Waals surface area contributed by atoms with Crippen LogP contribution in [0.5, 0.6) is 5.75 Å². The third-order valence-corrected chi connectivity index (χ3v) is 1.54. The lowest BCUT2D eigenvalue weighted by Gasteiger charge is -2.19. The molecule has 0 radical (unpaired) electrons. The first-order chi connectivity index (χ1) is 6.58. The summed E-state index contributed by atoms with van der Waals surface area (Å²) >= 11 is 0. The van der Waals surface area contributed by atoms with Gasteiger partial charge in [-0.05, 0) is 32.9 Å². The van der Waals surface area contributed by atoms with E-state index in [1.165, 1.54) is 0 Å². The summed E-state index contributed by atoms with van der Waals surface area (Å²) in [5, 5.41) is 0. The molecule has 14 heavy (non-hydrogen) atoms. The fourth-order valence-corrected chi connectivity index (χ4v) is 0.942. The number of ether oxygens (including phenoxy) is 2. The number of rotatable bonds is 4. The van der Waals surface area contributed by atoms with Crippen molar-refractivity contribution >= 4 is 0 Å². The summed E-state index contributed by atoms with van der Waals surface area (Å²) in [6.45, 7) is 7.26. The number of nitrogens with zero attached hydrogens (tertiary/aromatic N) is 1. The van der Waals surface area contributed by atoms with E-state index in [9.17, 15) is 0 Å². The van der Waals surface area contributed by atoms with Crippen LogP contribution in [0.15, 0.2) is 24.5 Å². The van der Waals surface area contributed by atoms with Crippen molar-refractivity contribution in [2.75, 3.05) is 13.2 Å². The van der Waals surface area contributed by atoms with E-state index in [2.05, 4.69) is 4.98 Å². The highest BCUT2D eigenvalue weighted by molar-refractivity contribution is 5.16. The van der Waals surface area contributed by atoms with Crippen molar-refractivity contribution in [3.05, 3.63) is 24.5 Å².